The molecule has 1 aromatic rings. The molecule has 1 aliphatic rings. The van der Waals surface area contributed by atoms with Crippen LogP contribution < -0.4 is 15.4 Å². The predicted molar refractivity (Wildman–Crippen MR) is 88.7 cm³/mol. The first-order chi connectivity index (χ1) is 10.5. The topological polar surface area (TPSA) is 59.6 Å². The number of hydrogen-bond acceptors (Lipinski definition) is 4. The number of rotatable bonds is 4. The fourth-order valence-electron chi connectivity index (χ4n) is 2.51. The van der Waals surface area contributed by atoms with Gasteiger partial charge in [0.1, 0.15) is 5.75 Å². The average molecular weight is 320 g/mol. The van der Waals surface area contributed by atoms with E-state index in [1.54, 1.807) is 14.0 Å². The van der Waals surface area contributed by atoms with Gasteiger partial charge in [0.15, 0.2) is 5.11 Å². The Kier molecular flexibility index (Phi) is 5.03. The first-order valence-electron chi connectivity index (χ1n) is 7.07. The van der Waals surface area contributed by atoms with E-state index in [9.17, 15) is 4.79 Å². The number of ether oxygens (including phenoxy) is 2. The second-order valence-corrected chi connectivity index (χ2v) is 5.42. The van der Waals surface area contributed by atoms with Gasteiger partial charge >= 0.3 is 5.97 Å². The van der Waals surface area contributed by atoms with Crippen LogP contribution in [0.15, 0.2) is 29.5 Å². The Bertz CT molecular complexity index is 640. The summed E-state index contributed by atoms with van der Waals surface area (Å²) in [6.45, 7) is 5.91. The van der Waals surface area contributed by atoms with Gasteiger partial charge in [-0.2, -0.15) is 0 Å². The predicted octanol–water partition coefficient (Wildman–Crippen LogP) is 2.36. The van der Waals surface area contributed by atoms with E-state index in [2.05, 4.69) is 10.6 Å². The van der Waals surface area contributed by atoms with Gasteiger partial charge in [-0.25, -0.2) is 4.79 Å². The summed E-state index contributed by atoms with van der Waals surface area (Å²) in [7, 11) is 1.63. The summed E-state index contributed by atoms with van der Waals surface area (Å²) in [6, 6.07) is 5.40. The van der Waals surface area contributed by atoms with Crippen LogP contribution >= 0.6 is 12.2 Å². The van der Waals surface area contributed by atoms with Gasteiger partial charge in [-0.3, -0.25) is 0 Å². The van der Waals surface area contributed by atoms with Crippen molar-refractivity contribution < 1.29 is 14.3 Å². The minimum atomic E-state index is -0.345. The van der Waals surface area contributed by atoms with Gasteiger partial charge in [0.05, 0.1) is 25.3 Å². The maximum atomic E-state index is 12.3. The van der Waals surface area contributed by atoms with Crippen LogP contribution in [0.25, 0.3) is 0 Å². The van der Waals surface area contributed by atoms with Crippen LogP contribution in [0.3, 0.4) is 0 Å². The zero-order valence-corrected chi connectivity index (χ0v) is 14.0. The fourth-order valence-corrected chi connectivity index (χ4v) is 2.78. The lowest BCUT2D eigenvalue weighted by molar-refractivity contribution is -0.139. The Hall–Kier alpha value is -2.08. The molecule has 0 amide bonds. The Morgan fingerprint density at radius 3 is 2.68 bits per heavy atom. The van der Waals surface area contributed by atoms with Crippen molar-refractivity contribution in [2.24, 2.45) is 0 Å². The Morgan fingerprint density at radius 1 is 1.36 bits per heavy atom. The highest BCUT2D eigenvalue weighted by atomic mass is 32.1. The molecule has 0 fully saturated rings. The third-order valence-corrected chi connectivity index (χ3v) is 3.77. The van der Waals surface area contributed by atoms with Crippen LogP contribution in [0.4, 0.5) is 0 Å². The molecule has 0 bridgehead atoms. The van der Waals surface area contributed by atoms with E-state index in [-0.39, 0.29) is 12.0 Å². The second kappa shape index (κ2) is 6.79. The molecule has 5 nitrogen and oxygen atoms in total. The largest absolute Gasteiger partial charge is 0.497 e. The molecular weight excluding hydrogens is 300 g/mol. The molecule has 2 N–H and O–H groups in total. The number of carbonyl (C=O) groups excluding carboxylic acids is 1. The molecule has 0 saturated heterocycles. The van der Waals surface area contributed by atoms with Crippen molar-refractivity contribution in [2.75, 3.05) is 13.7 Å². The second-order valence-electron chi connectivity index (χ2n) is 5.01. The Balaban J connectivity index is 2.48. The first kappa shape index (κ1) is 16.3. The Labute approximate surface area is 135 Å². The highest BCUT2D eigenvalue weighted by Gasteiger charge is 2.31. The quantitative estimate of drug-likeness (QED) is 0.656. The third kappa shape index (κ3) is 3.22. The smallest absolute Gasteiger partial charge is 0.338 e. The van der Waals surface area contributed by atoms with Crippen molar-refractivity contribution in [3.63, 3.8) is 0 Å². The van der Waals surface area contributed by atoms with Gasteiger partial charge in [-0.15, -0.1) is 0 Å². The van der Waals surface area contributed by atoms with Gasteiger partial charge in [0, 0.05) is 5.70 Å². The normalized spacial score (nSPS) is 17.6. The number of aryl methyl sites for hydroxylation is 1. The number of thiocarbonyl (C=S) groups is 1. The van der Waals surface area contributed by atoms with Gasteiger partial charge in [-0.05, 0) is 56.2 Å². The van der Waals surface area contributed by atoms with Gasteiger partial charge < -0.3 is 20.1 Å². The monoisotopic (exact) mass is 320 g/mol. The maximum Gasteiger partial charge on any atom is 0.338 e. The van der Waals surface area contributed by atoms with Crippen LogP contribution in [0.5, 0.6) is 5.75 Å². The van der Waals surface area contributed by atoms with Crippen LogP contribution in [-0.2, 0) is 9.53 Å². The molecule has 6 heteroatoms. The van der Waals surface area contributed by atoms with E-state index >= 15 is 0 Å². The molecule has 22 heavy (non-hydrogen) atoms. The third-order valence-electron chi connectivity index (χ3n) is 3.55. The molecule has 1 heterocycles. The summed E-state index contributed by atoms with van der Waals surface area (Å²) in [5.74, 6) is 0.430. The highest BCUT2D eigenvalue weighted by Crippen LogP contribution is 2.31. The van der Waals surface area contributed by atoms with Crippen molar-refractivity contribution in [1.29, 1.82) is 0 Å². The lowest BCUT2D eigenvalue weighted by Crippen LogP contribution is -2.45. The number of carbonyl (C=O) groups is 1. The summed E-state index contributed by atoms with van der Waals surface area (Å²) in [5, 5.41) is 6.63. The summed E-state index contributed by atoms with van der Waals surface area (Å²) >= 11 is 5.22. The lowest BCUT2D eigenvalue weighted by atomic mass is 9.92. The van der Waals surface area contributed by atoms with E-state index in [1.807, 2.05) is 32.0 Å². The van der Waals surface area contributed by atoms with Gasteiger partial charge in [0.25, 0.3) is 0 Å². The molecule has 1 aromatic carbocycles. The van der Waals surface area contributed by atoms with E-state index < -0.39 is 0 Å². The van der Waals surface area contributed by atoms with Crippen molar-refractivity contribution in [2.45, 2.75) is 26.8 Å². The zero-order chi connectivity index (χ0) is 16.3. The minimum Gasteiger partial charge on any atom is -0.497 e. The number of esters is 1. The summed E-state index contributed by atoms with van der Waals surface area (Å²) < 4.78 is 10.4. The standard InChI is InChI=1S/C16H20N2O3S/c1-5-21-15(19)13-10(3)17-16(22)18-14(13)12-7-6-11(20-4)8-9(12)2/h6-8,14H,5H2,1-4H3,(H2,17,18,22). The fraction of sp³-hybridized carbons (Fsp3) is 0.375. The molecule has 0 aromatic heterocycles. The van der Waals surface area contributed by atoms with Crippen molar-refractivity contribution >= 4 is 23.3 Å². The molecule has 118 valence electrons. The number of benzene rings is 1. The zero-order valence-electron chi connectivity index (χ0n) is 13.1. The molecule has 0 radical (unpaired) electrons. The molecule has 0 aliphatic carbocycles. The van der Waals surface area contributed by atoms with Gasteiger partial charge in [-0.1, -0.05) is 6.07 Å². The summed E-state index contributed by atoms with van der Waals surface area (Å²) in [4.78, 5) is 12.3. The van der Waals surface area contributed by atoms with Crippen molar-refractivity contribution in [3.8, 4) is 5.75 Å². The van der Waals surface area contributed by atoms with E-state index in [0.717, 1.165) is 16.9 Å². The number of nitrogens with one attached hydrogen (secondary N) is 2. The SMILES string of the molecule is CCOC(=O)C1=C(C)NC(=S)NC1c1ccc(OC)cc1C. The van der Waals surface area contributed by atoms with E-state index in [4.69, 9.17) is 21.7 Å². The summed E-state index contributed by atoms with van der Waals surface area (Å²) in [5.41, 5.74) is 3.23. The number of methoxy groups -OCH3 is 1. The molecule has 1 atom stereocenters. The number of allylic oxidation sites excluding steroid dienone is 1. The minimum absolute atomic E-state index is 0.328. The van der Waals surface area contributed by atoms with Crippen LogP contribution in [0.2, 0.25) is 0 Å². The average Bonchev–Trinajstić information content (AvgIpc) is 2.46. The first-order valence-corrected chi connectivity index (χ1v) is 7.48. The van der Waals surface area contributed by atoms with Crippen LogP contribution in [0.1, 0.15) is 31.0 Å². The molecule has 1 unspecified atom stereocenters. The van der Waals surface area contributed by atoms with E-state index in [1.165, 1.54) is 0 Å². The van der Waals surface area contributed by atoms with Crippen LogP contribution in [-0.4, -0.2) is 24.8 Å². The molecular formula is C16H20N2O3S. The Morgan fingerprint density at radius 2 is 2.09 bits per heavy atom. The molecule has 1 aliphatic heterocycles. The molecule has 0 spiro atoms. The van der Waals surface area contributed by atoms with Crippen molar-refractivity contribution in [3.05, 3.63) is 40.6 Å². The van der Waals surface area contributed by atoms with Crippen LogP contribution in [0, 0.1) is 6.92 Å². The molecule has 2 rings (SSSR count). The lowest BCUT2D eigenvalue weighted by Gasteiger charge is -2.30. The molecule has 0 saturated carbocycles. The highest BCUT2D eigenvalue weighted by molar-refractivity contribution is 7.80. The number of hydrogen-bond donors (Lipinski definition) is 2. The maximum absolute atomic E-state index is 12.3. The van der Waals surface area contributed by atoms with E-state index in [0.29, 0.717) is 23.0 Å². The van der Waals surface area contributed by atoms with Gasteiger partial charge in [0.2, 0.25) is 0 Å². The van der Waals surface area contributed by atoms with Crippen molar-refractivity contribution in [1.82, 2.24) is 10.6 Å². The summed E-state index contributed by atoms with van der Waals surface area (Å²) in [6.07, 6.45) is 0.